The third kappa shape index (κ3) is 4.52. The van der Waals surface area contributed by atoms with E-state index in [4.69, 9.17) is 32.7 Å². The molecule has 0 bridgehead atoms. The quantitative estimate of drug-likeness (QED) is 0.453. The lowest BCUT2D eigenvalue weighted by molar-refractivity contribution is 0.176. The van der Waals surface area contributed by atoms with E-state index in [2.05, 4.69) is 22.6 Å². The summed E-state index contributed by atoms with van der Waals surface area (Å²) in [7, 11) is 0. The monoisotopic (exact) mass is 422 g/mol. The summed E-state index contributed by atoms with van der Waals surface area (Å²) in [5.41, 5.74) is 1.95. The highest BCUT2D eigenvalue weighted by Gasteiger charge is 2.05. The summed E-state index contributed by atoms with van der Waals surface area (Å²) >= 11 is 14.3. The van der Waals surface area contributed by atoms with Crippen LogP contribution in [-0.4, -0.2) is 4.61 Å². The SMILES string of the molecule is Clc1cccc(COc2cccc(COCI)c2)c1Cl. The smallest absolute Gasteiger partial charge is 0.120 e. The Hall–Kier alpha value is -0.490. The van der Waals surface area contributed by atoms with E-state index in [1.165, 1.54) is 0 Å². The molecule has 0 aliphatic carbocycles. The van der Waals surface area contributed by atoms with Crippen LogP contribution in [0.4, 0.5) is 0 Å². The molecule has 0 aliphatic heterocycles. The van der Waals surface area contributed by atoms with Crippen LogP contribution in [0.15, 0.2) is 42.5 Å². The van der Waals surface area contributed by atoms with Crippen molar-refractivity contribution in [2.75, 3.05) is 4.61 Å². The predicted octanol–water partition coefficient (Wildman–Crippen LogP) is 5.48. The Kier molecular flexibility index (Phi) is 6.42. The summed E-state index contributed by atoms with van der Waals surface area (Å²) in [6.45, 7) is 0.966. The molecule has 0 atom stereocenters. The number of ether oxygens (including phenoxy) is 2. The van der Waals surface area contributed by atoms with E-state index in [1.54, 1.807) is 6.07 Å². The molecule has 2 rings (SSSR count). The molecule has 5 heteroatoms. The Labute approximate surface area is 142 Å². The molecule has 2 aromatic rings. The molecule has 0 N–H and O–H groups in total. The Morgan fingerprint density at radius 2 is 1.80 bits per heavy atom. The molecule has 0 aromatic heterocycles. The van der Waals surface area contributed by atoms with Crippen LogP contribution in [0.2, 0.25) is 10.0 Å². The van der Waals surface area contributed by atoms with Crippen LogP contribution in [0.5, 0.6) is 5.75 Å². The van der Waals surface area contributed by atoms with Gasteiger partial charge in [-0.3, -0.25) is 0 Å². The fourth-order valence-corrected chi connectivity index (χ4v) is 2.30. The van der Waals surface area contributed by atoms with Gasteiger partial charge in [0.25, 0.3) is 0 Å². The second-order valence-electron chi connectivity index (χ2n) is 4.11. The van der Waals surface area contributed by atoms with E-state index in [1.807, 2.05) is 36.4 Å². The van der Waals surface area contributed by atoms with Crippen molar-refractivity contribution in [3.63, 3.8) is 0 Å². The first kappa shape index (κ1) is 15.9. The molecule has 0 saturated heterocycles. The molecule has 0 spiro atoms. The Bertz CT molecular complexity index is 576. The topological polar surface area (TPSA) is 18.5 Å². The van der Waals surface area contributed by atoms with Gasteiger partial charge in [-0.05, 0) is 23.8 Å². The minimum atomic E-state index is 0.385. The van der Waals surface area contributed by atoms with Crippen molar-refractivity contribution in [1.29, 1.82) is 0 Å². The highest BCUT2D eigenvalue weighted by Crippen LogP contribution is 2.26. The molecule has 0 unspecified atom stereocenters. The van der Waals surface area contributed by atoms with E-state index in [9.17, 15) is 0 Å². The standard InChI is InChI=1S/C15H13Cl2IO2/c16-14-6-2-4-12(15(14)17)9-20-13-5-1-3-11(7-13)8-19-10-18/h1-7H,8-10H2. The molecule has 0 radical (unpaired) electrons. The van der Waals surface area contributed by atoms with Crippen LogP contribution in [0.25, 0.3) is 0 Å². The van der Waals surface area contributed by atoms with Crippen LogP contribution in [-0.2, 0) is 18.0 Å². The minimum absolute atomic E-state index is 0.385. The molecule has 0 heterocycles. The van der Waals surface area contributed by atoms with Crippen LogP contribution in [0.3, 0.4) is 0 Å². The lowest BCUT2D eigenvalue weighted by atomic mass is 10.2. The molecule has 2 nitrogen and oxygen atoms in total. The van der Waals surface area contributed by atoms with E-state index in [0.717, 1.165) is 16.9 Å². The zero-order chi connectivity index (χ0) is 14.4. The fourth-order valence-electron chi connectivity index (χ4n) is 1.70. The second-order valence-corrected chi connectivity index (χ2v) is 5.51. The maximum atomic E-state index is 6.13. The predicted molar refractivity (Wildman–Crippen MR) is 90.9 cm³/mol. The summed E-state index contributed by atoms with van der Waals surface area (Å²) in [4.78, 5) is 0. The van der Waals surface area contributed by atoms with E-state index >= 15 is 0 Å². The number of alkyl halides is 1. The van der Waals surface area contributed by atoms with Crippen LogP contribution in [0.1, 0.15) is 11.1 Å². The van der Waals surface area contributed by atoms with Gasteiger partial charge in [-0.25, -0.2) is 0 Å². The van der Waals surface area contributed by atoms with Crippen molar-refractivity contribution < 1.29 is 9.47 Å². The largest absolute Gasteiger partial charge is 0.489 e. The summed E-state index contributed by atoms with van der Waals surface area (Å²) in [6, 6.07) is 13.3. The number of halogens is 3. The van der Waals surface area contributed by atoms with Gasteiger partial charge in [-0.15, -0.1) is 0 Å². The lowest BCUT2D eigenvalue weighted by Crippen LogP contribution is -1.97. The number of rotatable bonds is 6. The van der Waals surface area contributed by atoms with Crippen molar-refractivity contribution in [2.24, 2.45) is 0 Å². The fraction of sp³-hybridized carbons (Fsp3) is 0.200. The Morgan fingerprint density at radius 1 is 1.00 bits per heavy atom. The van der Waals surface area contributed by atoms with Crippen LogP contribution < -0.4 is 4.74 Å². The summed E-state index contributed by atoms with van der Waals surface area (Å²) in [6.07, 6.45) is 0. The minimum Gasteiger partial charge on any atom is -0.489 e. The van der Waals surface area contributed by atoms with Gasteiger partial charge < -0.3 is 9.47 Å². The van der Waals surface area contributed by atoms with Crippen molar-refractivity contribution in [3.05, 3.63) is 63.6 Å². The maximum absolute atomic E-state index is 6.13. The zero-order valence-electron chi connectivity index (χ0n) is 10.6. The Balaban J connectivity index is 2.01. The molecule has 0 amide bonds. The highest BCUT2D eigenvalue weighted by molar-refractivity contribution is 14.1. The van der Waals surface area contributed by atoms with Gasteiger partial charge in [0, 0.05) is 5.56 Å². The second kappa shape index (κ2) is 8.08. The van der Waals surface area contributed by atoms with Crippen molar-refractivity contribution in [2.45, 2.75) is 13.2 Å². The van der Waals surface area contributed by atoms with Gasteiger partial charge in [0.2, 0.25) is 0 Å². The van der Waals surface area contributed by atoms with Gasteiger partial charge in [0.05, 0.1) is 21.3 Å². The van der Waals surface area contributed by atoms with Gasteiger partial charge in [0.1, 0.15) is 12.4 Å². The number of benzene rings is 2. The van der Waals surface area contributed by atoms with Crippen molar-refractivity contribution in [3.8, 4) is 5.75 Å². The first-order valence-electron chi connectivity index (χ1n) is 5.99. The molecule has 20 heavy (non-hydrogen) atoms. The van der Waals surface area contributed by atoms with Gasteiger partial charge >= 0.3 is 0 Å². The average Bonchev–Trinajstić information content (AvgIpc) is 2.47. The summed E-state index contributed by atoms with van der Waals surface area (Å²) < 4.78 is 11.8. The van der Waals surface area contributed by atoms with Crippen molar-refractivity contribution >= 4 is 45.8 Å². The first-order chi connectivity index (χ1) is 9.70. The molecule has 0 aliphatic rings. The van der Waals surface area contributed by atoms with Gasteiger partial charge in [0.15, 0.2) is 0 Å². The van der Waals surface area contributed by atoms with Crippen LogP contribution in [0, 0.1) is 0 Å². The normalized spacial score (nSPS) is 10.6. The Morgan fingerprint density at radius 3 is 2.60 bits per heavy atom. The van der Waals surface area contributed by atoms with E-state index in [0.29, 0.717) is 27.9 Å². The lowest BCUT2D eigenvalue weighted by Gasteiger charge is -2.10. The van der Waals surface area contributed by atoms with Gasteiger partial charge in [-0.2, -0.15) is 0 Å². The maximum Gasteiger partial charge on any atom is 0.120 e. The third-order valence-corrected chi connectivity index (χ3v) is 3.97. The summed E-state index contributed by atoms with van der Waals surface area (Å²) in [5.74, 6) is 0.788. The first-order valence-corrected chi connectivity index (χ1v) is 8.27. The molecular weight excluding hydrogens is 410 g/mol. The highest BCUT2D eigenvalue weighted by atomic mass is 127. The van der Waals surface area contributed by atoms with Gasteiger partial charge in [-0.1, -0.05) is 70.1 Å². The summed E-state index contributed by atoms with van der Waals surface area (Å²) in [5, 5.41) is 1.08. The molecule has 0 fully saturated rings. The average molecular weight is 423 g/mol. The molecule has 0 saturated carbocycles. The van der Waals surface area contributed by atoms with E-state index < -0.39 is 0 Å². The molecule has 2 aromatic carbocycles. The van der Waals surface area contributed by atoms with E-state index in [-0.39, 0.29) is 0 Å². The molecular formula is C15H13Cl2IO2. The third-order valence-electron chi connectivity index (χ3n) is 2.67. The molecule has 106 valence electrons. The number of hydrogen-bond acceptors (Lipinski definition) is 2. The number of hydrogen-bond donors (Lipinski definition) is 0. The van der Waals surface area contributed by atoms with Crippen molar-refractivity contribution in [1.82, 2.24) is 0 Å². The zero-order valence-corrected chi connectivity index (χ0v) is 14.3. The van der Waals surface area contributed by atoms with Crippen LogP contribution >= 0.6 is 45.8 Å².